The molecule has 4 rings (SSSR count). The van der Waals surface area contributed by atoms with E-state index in [0.717, 1.165) is 24.7 Å². The first-order valence-corrected chi connectivity index (χ1v) is 5.88. The molecular formula is C12H19NO. The van der Waals surface area contributed by atoms with Crippen molar-refractivity contribution in [1.29, 1.82) is 0 Å². The Balaban J connectivity index is 1.97. The maximum Gasteiger partial charge on any atom is 0.135 e. The first-order chi connectivity index (χ1) is 6.58. The SMILES string of the molecule is CC(=O)C1C2CC3CC(C2)CC1(N)C3. The van der Waals surface area contributed by atoms with Crippen LogP contribution in [-0.2, 0) is 4.79 Å². The van der Waals surface area contributed by atoms with E-state index in [1.54, 1.807) is 6.92 Å². The van der Waals surface area contributed by atoms with Gasteiger partial charge in [0.15, 0.2) is 0 Å². The molecule has 14 heavy (non-hydrogen) atoms. The predicted molar refractivity (Wildman–Crippen MR) is 54.6 cm³/mol. The van der Waals surface area contributed by atoms with Crippen LogP contribution in [0.25, 0.3) is 0 Å². The van der Waals surface area contributed by atoms with Crippen LogP contribution in [0, 0.1) is 23.7 Å². The molecule has 0 aromatic heterocycles. The zero-order valence-corrected chi connectivity index (χ0v) is 8.83. The fourth-order valence-electron chi connectivity index (χ4n) is 4.84. The zero-order valence-electron chi connectivity index (χ0n) is 8.83. The average Bonchev–Trinajstić information content (AvgIpc) is 1.97. The number of hydrogen-bond donors (Lipinski definition) is 1. The predicted octanol–water partition coefficient (Wildman–Crippen LogP) is 1.73. The van der Waals surface area contributed by atoms with E-state index in [0.29, 0.717) is 11.7 Å². The van der Waals surface area contributed by atoms with Crippen LogP contribution in [0.5, 0.6) is 0 Å². The molecule has 0 spiro atoms. The maximum atomic E-state index is 11.7. The number of nitrogens with two attached hydrogens (primary N) is 1. The van der Waals surface area contributed by atoms with E-state index in [2.05, 4.69) is 0 Å². The Morgan fingerprint density at radius 2 is 1.79 bits per heavy atom. The number of Topliss-reactive ketones (excluding diaryl/α,β-unsaturated/α-hetero) is 1. The molecule has 2 nitrogen and oxygen atoms in total. The zero-order chi connectivity index (χ0) is 9.92. The highest BCUT2D eigenvalue weighted by Gasteiger charge is 2.56. The highest BCUT2D eigenvalue weighted by molar-refractivity contribution is 5.80. The van der Waals surface area contributed by atoms with Gasteiger partial charge in [-0.3, -0.25) is 4.79 Å². The summed E-state index contributed by atoms with van der Waals surface area (Å²) in [4.78, 5) is 11.7. The van der Waals surface area contributed by atoms with Gasteiger partial charge in [-0.1, -0.05) is 0 Å². The lowest BCUT2D eigenvalue weighted by Gasteiger charge is -2.59. The van der Waals surface area contributed by atoms with Gasteiger partial charge in [0, 0.05) is 11.5 Å². The molecule has 0 heterocycles. The highest BCUT2D eigenvalue weighted by atomic mass is 16.1. The van der Waals surface area contributed by atoms with Crippen molar-refractivity contribution in [1.82, 2.24) is 0 Å². The van der Waals surface area contributed by atoms with Crippen LogP contribution in [0.1, 0.15) is 39.0 Å². The van der Waals surface area contributed by atoms with E-state index in [-0.39, 0.29) is 11.5 Å². The molecule has 3 atom stereocenters. The fourth-order valence-corrected chi connectivity index (χ4v) is 4.84. The Labute approximate surface area is 85.2 Å². The van der Waals surface area contributed by atoms with Crippen LogP contribution >= 0.6 is 0 Å². The summed E-state index contributed by atoms with van der Waals surface area (Å²) in [6.07, 6.45) is 6.17. The normalized spacial score (nSPS) is 55.0. The third-order valence-electron chi connectivity index (χ3n) is 4.81. The van der Waals surface area contributed by atoms with Crippen LogP contribution in [0.15, 0.2) is 0 Å². The largest absolute Gasteiger partial charge is 0.324 e. The van der Waals surface area contributed by atoms with Gasteiger partial charge in [-0.2, -0.15) is 0 Å². The maximum absolute atomic E-state index is 11.7. The van der Waals surface area contributed by atoms with E-state index in [1.165, 1.54) is 19.3 Å². The van der Waals surface area contributed by atoms with Crippen LogP contribution < -0.4 is 5.73 Å². The van der Waals surface area contributed by atoms with E-state index in [9.17, 15) is 4.79 Å². The Morgan fingerprint density at radius 1 is 1.21 bits per heavy atom. The highest BCUT2D eigenvalue weighted by Crippen LogP contribution is 2.57. The van der Waals surface area contributed by atoms with E-state index < -0.39 is 0 Å². The lowest BCUT2D eigenvalue weighted by Crippen LogP contribution is -2.63. The first-order valence-electron chi connectivity index (χ1n) is 5.88. The van der Waals surface area contributed by atoms with Gasteiger partial charge in [0.25, 0.3) is 0 Å². The van der Waals surface area contributed by atoms with Gasteiger partial charge in [0.1, 0.15) is 5.78 Å². The summed E-state index contributed by atoms with van der Waals surface area (Å²) in [5, 5.41) is 0. The monoisotopic (exact) mass is 193 g/mol. The summed E-state index contributed by atoms with van der Waals surface area (Å²) in [6, 6.07) is 0. The van der Waals surface area contributed by atoms with Gasteiger partial charge < -0.3 is 5.73 Å². The number of rotatable bonds is 1. The van der Waals surface area contributed by atoms with Crippen LogP contribution in [0.4, 0.5) is 0 Å². The lowest BCUT2D eigenvalue weighted by molar-refractivity contribution is -0.136. The van der Waals surface area contributed by atoms with Gasteiger partial charge in [-0.05, 0) is 56.8 Å². The van der Waals surface area contributed by atoms with Gasteiger partial charge in [0.2, 0.25) is 0 Å². The van der Waals surface area contributed by atoms with Crippen LogP contribution in [0.2, 0.25) is 0 Å². The molecule has 4 fully saturated rings. The van der Waals surface area contributed by atoms with E-state index >= 15 is 0 Å². The molecule has 0 aliphatic heterocycles. The van der Waals surface area contributed by atoms with E-state index in [1.807, 2.05) is 0 Å². The number of ketones is 1. The quantitative estimate of drug-likeness (QED) is 0.689. The molecule has 3 unspecified atom stereocenters. The van der Waals surface area contributed by atoms with Crippen LogP contribution in [-0.4, -0.2) is 11.3 Å². The minimum Gasteiger partial charge on any atom is -0.324 e. The smallest absolute Gasteiger partial charge is 0.135 e. The van der Waals surface area contributed by atoms with Crippen molar-refractivity contribution in [3.63, 3.8) is 0 Å². The molecule has 4 aliphatic rings. The van der Waals surface area contributed by atoms with Crippen molar-refractivity contribution in [2.45, 2.75) is 44.6 Å². The van der Waals surface area contributed by atoms with E-state index in [4.69, 9.17) is 5.73 Å². The molecular weight excluding hydrogens is 174 g/mol. The number of hydrogen-bond acceptors (Lipinski definition) is 2. The summed E-state index contributed by atoms with van der Waals surface area (Å²) < 4.78 is 0. The average molecular weight is 193 g/mol. The van der Waals surface area contributed by atoms with Crippen LogP contribution in [0.3, 0.4) is 0 Å². The van der Waals surface area contributed by atoms with Gasteiger partial charge in [-0.25, -0.2) is 0 Å². The molecule has 4 aliphatic carbocycles. The second kappa shape index (κ2) is 2.60. The third-order valence-corrected chi connectivity index (χ3v) is 4.81. The summed E-state index contributed by atoms with van der Waals surface area (Å²) in [6.45, 7) is 1.74. The van der Waals surface area contributed by atoms with Gasteiger partial charge in [-0.15, -0.1) is 0 Å². The van der Waals surface area contributed by atoms with Crippen molar-refractivity contribution in [3.05, 3.63) is 0 Å². The summed E-state index contributed by atoms with van der Waals surface area (Å²) in [5.74, 6) is 2.84. The molecule has 78 valence electrons. The Hall–Kier alpha value is -0.370. The topological polar surface area (TPSA) is 43.1 Å². The van der Waals surface area contributed by atoms with Crippen molar-refractivity contribution in [2.24, 2.45) is 29.4 Å². The number of carbonyl (C=O) groups excluding carboxylic acids is 1. The third kappa shape index (κ3) is 1.04. The molecule has 2 N–H and O–H groups in total. The standard InChI is InChI=1S/C12H19NO/c1-7(14)11-10-3-8-2-9(4-10)6-12(11,13)5-8/h8-11H,2-6,13H2,1H3. The first kappa shape index (κ1) is 8.90. The summed E-state index contributed by atoms with van der Waals surface area (Å²) >= 11 is 0. The molecule has 2 heteroatoms. The second-order valence-corrected chi connectivity index (χ2v) is 5.93. The summed E-state index contributed by atoms with van der Waals surface area (Å²) in [7, 11) is 0. The van der Waals surface area contributed by atoms with Gasteiger partial charge in [0.05, 0.1) is 0 Å². The number of carbonyl (C=O) groups is 1. The molecule has 0 saturated heterocycles. The van der Waals surface area contributed by atoms with Gasteiger partial charge >= 0.3 is 0 Å². The lowest BCUT2D eigenvalue weighted by atomic mass is 9.48. The molecule has 0 aromatic carbocycles. The van der Waals surface area contributed by atoms with Crippen molar-refractivity contribution >= 4 is 5.78 Å². The molecule has 0 radical (unpaired) electrons. The molecule has 4 saturated carbocycles. The van der Waals surface area contributed by atoms with Crippen molar-refractivity contribution in [2.75, 3.05) is 0 Å². The molecule has 4 bridgehead atoms. The van der Waals surface area contributed by atoms with Crippen molar-refractivity contribution < 1.29 is 4.79 Å². The minimum atomic E-state index is -0.111. The van der Waals surface area contributed by atoms with Crippen molar-refractivity contribution in [3.8, 4) is 0 Å². The Kier molecular flexibility index (Phi) is 1.65. The second-order valence-electron chi connectivity index (χ2n) is 5.93. The molecule has 0 aromatic rings. The minimum absolute atomic E-state index is 0.111. The summed E-state index contributed by atoms with van der Waals surface area (Å²) in [5.41, 5.74) is 6.33. The molecule has 0 amide bonds. The fraction of sp³-hybridized carbons (Fsp3) is 0.917. The Morgan fingerprint density at radius 3 is 2.21 bits per heavy atom. The Bertz CT molecular complexity index is 272.